The van der Waals surface area contributed by atoms with Crippen molar-refractivity contribution in [3.8, 4) is 11.4 Å². The summed E-state index contributed by atoms with van der Waals surface area (Å²) >= 11 is 3.17. The topological polar surface area (TPSA) is 79.9 Å². The lowest BCUT2D eigenvalue weighted by atomic mass is 10.2. The number of hydrogen-bond acceptors (Lipinski definition) is 4. The number of ether oxygens (including phenoxy) is 1. The van der Waals surface area contributed by atoms with Crippen molar-refractivity contribution in [2.45, 2.75) is 26.4 Å². The summed E-state index contributed by atoms with van der Waals surface area (Å²) in [4.78, 5) is 15.6. The highest BCUT2D eigenvalue weighted by atomic mass is 79.9. The molecule has 0 radical (unpaired) electrons. The van der Waals surface area contributed by atoms with Crippen molar-refractivity contribution >= 4 is 28.0 Å². The van der Waals surface area contributed by atoms with Crippen LogP contribution in [0.25, 0.3) is 11.4 Å². The molecule has 0 fully saturated rings. The minimum Gasteiger partial charge on any atom is -0.444 e. The first-order chi connectivity index (χ1) is 9.74. The highest BCUT2D eigenvalue weighted by molar-refractivity contribution is 9.10. The van der Waals surface area contributed by atoms with Crippen molar-refractivity contribution < 1.29 is 13.9 Å². The quantitative estimate of drug-likeness (QED) is 0.859. The molecule has 0 spiro atoms. The minimum atomic E-state index is -0.677. The molecule has 21 heavy (non-hydrogen) atoms. The number of aromatic nitrogens is 3. The van der Waals surface area contributed by atoms with Gasteiger partial charge in [0.1, 0.15) is 11.4 Å². The maximum Gasteiger partial charge on any atom is 0.414 e. The molecule has 0 saturated heterocycles. The second-order valence-electron chi connectivity index (χ2n) is 5.26. The van der Waals surface area contributed by atoms with Gasteiger partial charge in [-0.05, 0) is 39.0 Å². The van der Waals surface area contributed by atoms with Gasteiger partial charge in [-0.3, -0.25) is 10.4 Å². The number of carbonyl (C=O) groups excluding carboxylic acids is 1. The number of hydrogen-bond donors (Lipinski definition) is 2. The van der Waals surface area contributed by atoms with E-state index in [0.29, 0.717) is 4.47 Å². The van der Waals surface area contributed by atoms with Crippen molar-refractivity contribution in [2.75, 3.05) is 5.32 Å². The van der Waals surface area contributed by atoms with Gasteiger partial charge in [0, 0.05) is 4.47 Å². The van der Waals surface area contributed by atoms with Crippen molar-refractivity contribution in [3.63, 3.8) is 0 Å². The number of nitrogens with one attached hydrogen (secondary N) is 2. The maximum atomic E-state index is 13.8. The van der Waals surface area contributed by atoms with Crippen LogP contribution in [0.2, 0.25) is 0 Å². The Morgan fingerprint density at radius 1 is 1.43 bits per heavy atom. The van der Waals surface area contributed by atoms with Gasteiger partial charge in [-0.15, -0.1) is 5.10 Å². The Hall–Kier alpha value is -1.96. The van der Waals surface area contributed by atoms with Crippen LogP contribution in [0, 0.1) is 5.82 Å². The minimum absolute atomic E-state index is 0.0153. The fourth-order valence-electron chi connectivity index (χ4n) is 1.51. The first-order valence-corrected chi connectivity index (χ1v) is 6.92. The van der Waals surface area contributed by atoms with Gasteiger partial charge in [0.2, 0.25) is 0 Å². The van der Waals surface area contributed by atoms with Crippen LogP contribution in [0.3, 0.4) is 0 Å². The predicted octanol–water partition coefficient (Wildman–Crippen LogP) is 3.72. The molecule has 1 aromatic heterocycles. The van der Waals surface area contributed by atoms with Crippen LogP contribution < -0.4 is 5.32 Å². The maximum absolute atomic E-state index is 13.8. The Morgan fingerprint density at radius 2 is 2.14 bits per heavy atom. The zero-order valence-corrected chi connectivity index (χ0v) is 13.3. The Labute approximate surface area is 129 Å². The molecule has 112 valence electrons. The number of rotatable bonds is 2. The summed E-state index contributed by atoms with van der Waals surface area (Å²) in [5, 5.41) is 8.74. The molecule has 0 aliphatic carbocycles. The van der Waals surface area contributed by atoms with Gasteiger partial charge in [0.15, 0.2) is 5.82 Å². The second-order valence-corrected chi connectivity index (χ2v) is 6.17. The Kier molecular flexibility index (Phi) is 4.26. The molecule has 8 heteroatoms. The number of nitrogens with zero attached hydrogens (tertiary/aromatic N) is 2. The number of halogens is 2. The van der Waals surface area contributed by atoms with Crippen molar-refractivity contribution in [2.24, 2.45) is 0 Å². The monoisotopic (exact) mass is 356 g/mol. The summed E-state index contributed by atoms with van der Waals surface area (Å²) in [6, 6.07) is 4.55. The fraction of sp³-hybridized carbons (Fsp3) is 0.308. The van der Waals surface area contributed by atoms with Crippen LogP contribution in [0.5, 0.6) is 0 Å². The van der Waals surface area contributed by atoms with E-state index in [1.54, 1.807) is 32.9 Å². The Balaban J connectivity index is 2.13. The molecule has 2 N–H and O–H groups in total. The largest absolute Gasteiger partial charge is 0.444 e. The van der Waals surface area contributed by atoms with Gasteiger partial charge in [0.25, 0.3) is 5.95 Å². The summed E-state index contributed by atoms with van der Waals surface area (Å²) in [6.45, 7) is 5.23. The van der Waals surface area contributed by atoms with Crippen molar-refractivity contribution in [1.82, 2.24) is 15.2 Å². The third kappa shape index (κ3) is 4.25. The van der Waals surface area contributed by atoms with Crippen LogP contribution >= 0.6 is 15.9 Å². The molecule has 2 aromatic rings. The van der Waals surface area contributed by atoms with Crippen LogP contribution in [0.15, 0.2) is 22.7 Å². The van der Waals surface area contributed by atoms with Gasteiger partial charge in [-0.1, -0.05) is 15.9 Å². The average Bonchev–Trinajstić information content (AvgIpc) is 2.74. The third-order valence-corrected chi connectivity index (χ3v) is 2.78. The molecule has 0 unspecified atom stereocenters. The summed E-state index contributed by atoms with van der Waals surface area (Å²) in [5.41, 5.74) is -0.371. The predicted molar refractivity (Wildman–Crippen MR) is 79.3 cm³/mol. The molecular weight excluding hydrogens is 343 g/mol. The van der Waals surface area contributed by atoms with E-state index in [2.05, 4.69) is 36.4 Å². The molecule has 0 saturated carbocycles. The van der Waals surface area contributed by atoms with Gasteiger partial charge in [-0.25, -0.2) is 9.18 Å². The van der Waals surface area contributed by atoms with Gasteiger partial charge < -0.3 is 4.74 Å². The first kappa shape index (κ1) is 15.4. The molecule has 6 nitrogen and oxygen atoms in total. The molecule has 0 aliphatic heterocycles. The molecule has 2 rings (SSSR count). The average molecular weight is 357 g/mol. The molecule has 1 heterocycles. The van der Waals surface area contributed by atoms with E-state index in [9.17, 15) is 9.18 Å². The molecule has 1 aromatic carbocycles. The van der Waals surface area contributed by atoms with E-state index >= 15 is 0 Å². The number of carbonyl (C=O) groups is 1. The van der Waals surface area contributed by atoms with Gasteiger partial charge in [-0.2, -0.15) is 4.98 Å². The molecule has 1 amide bonds. The summed E-state index contributed by atoms with van der Waals surface area (Å²) in [5.74, 6) is -0.225. The van der Waals surface area contributed by atoms with E-state index in [1.807, 2.05) is 0 Å². The van der Waals surface area contributed by atoms with E-state index in [1.165, 1.54) is 6.07 Å². The van der Waals surface area contributed by atoms with E-state index in [0.717, 1.165) is 0 Å². The summed E-state index contributed by atoms with van der Waals surface area (Å²) in [7, 11) is 0. The van der Waals surface area contributed by atoms with E-state index < -0.39 is 17.5 Å². The van der Waals surface area contributed by atoms with Crippen LogP contribution in [0.4, 0.5) is 15.1 Å². The standard InChI is InChI=1S/C13H14BrFN4O2/c1-13(2,3)21-12(20)17-11-16-10(18-19-11)8-5-4-7(14)6-9(8)15/h4-6H,1-3H3,(H2,16,17,18,19,20). The molecular formula is C13H14BrFN4O2. The van der Waals surface area contributed by atoms with Crippen LogP contribution in [0.1, 0.15) is 20.8 Å². The lowest BCUT2D eigenvalue weighted by Crippen LogP contribution is -2.27. The zero-order chi connectivity index (χ0) is 15.6. The first-order valence-electron chi connectivity index (χ1n) is 6.12. The number of aromatic amines is 1. The number of H-pyrrole nitrogens is 1. The highest BCUT2D eigenvalue weighted by Gasteiger charge is 2.18. The van der Waals surface area contributed by atoms with E-state index in [-0.39, 0.29) is 17.3 Å². The molecule has 0 atom stereocenters. The van der Waals surface area contributed by atoms with Crippen LogP contribution in [-0.2, 0) is 4.74 Å². The van der Waals surface area contributed by atoms with Gasteiger partial charge in [0.05, 0.1) is 5.56 Å². The Morgan fingerprint density at radius 3 is 2.76 bits per heavy atom. The SMILES string of the molecule is CC(C)(C)OC(=O)Nc1n[nH]c(-c2ccc(Br)cc2F)n1. The highest BCUT2D eigenvalue weighted by Crippen LogP contribution is 2.23. The van der Waals surface area contributed by atoms with E-state index in [4.69, 9.17) is 4.74 Å². The lowest BCUT2D eigenvalue weighted by Gasteiger charge is -2.18. The Bertz CT molecular complexity index is 666. The molecule has 0 bridgehead atoms. The number of amides is 1. The fourth-order valence-corrected chi connectivity index (χ4v) is 1.85. The van der Waals surface area contributed by atoms with Gasteiger partial charge >= 0.3 is 6.09 Å². The number of anilines is 1. The zero-order valence-electron chi connectivity index (χ0n) is 11.7. The summed E-state index contributed by atoms with van der Waals surface area (Å²) < 4.78 is 19.5. The number of benzene rings is 1. The van der Waals surface area contributed by atoms with Crippen molar-refractivity contribution in [3.05, 3.63) is 28.5 Å². The lowest BCUT2D eigenvalue weighted by molar-refractivity contribution is 0.0634. The van der Waals surface area contributed by atoms with Crippen LogP contribution in [-0.4, -0.2) is 26.9 Å². The molecule has 0 aliphatic rings. The second kappa shape index (κ2) is 5.80. The smallest absolute Gasteiger partial charge is 0.414 e. The third-order valence-electron chi connectivity index (χ3n) is 2.28. The van der Waals surface area contributed by atoms with Crippen molar-refractivity contribution in [1.29, 1.82) is 0 Å². The normalized spacial score (nSPS) is 11.3. The summed E-state index contributed by atoms with van der Waals surface area (Å²) in [6.07, 6.45) is -0.677.